The van der Waals surface area contributed by atoms with E-state index in [1.54, 1.807) is 6.92 Å². The number of quaternary nitrogens is 1. The minimum atomic E-state index is -5.09. The number of nitriles is 1. The highest BCUT2D eigenvalue weighted by Crippen LogP contribution is 2.31. The van der Waals surface area contributed by atoms with E-state index in [1.807, 2.05) is 19.9 Å². The van der Waals surface area contributed by atoms with E-state index in [9.17, 15) is 23.2 Å². The Bertz CT molecular complexity index is 472. The predicted octanol–water partition coefficient (Wildman–Crippen LogP) is 0.248. The number of esters is 1. The summed E-state index contributed by atoms with van der Waals surface area (Å²) in [7, 11) is 0. The van der Waals surface area contributed by atoms with Crippen LogP contribution in [-0.2, 0) is 9.53 Å². The second-order valence-electron chi connectivity index (χ2n) is 5.75. The van der Waals surface area contributed by atoms with E-state index in [0.29, 0.717) is 0 Å². The first-order valence-electron chi connectivity index (χ1n) is 7.40. The summed E-state index contributed by atoms with van der Waals surface area (Å²) >= 11 is 0.945. The SMILES string of the molecule is CC(C)C(C)[NH+]([O-])NCCN1C(C#N)CSC1OC(=O)C(F)(F)F. The minimum absolute atomic E-state index is 0.109. The zero-order valence-corrected chi connectivity index (χ0v) is 14.4. The maximum atomic E-state index is 12.3. The first kappa shape index (κ1) is 21.0. The van der Waals surface area contributed by atoms with Crippen LogP contribution in [-0.4, -0.2) is 53.5 Å². The molecule has 1 fully saturated rings. The lowest BCUT2D eigenvalue weighted by molar-refractivity contribution is -0.923. The van der Waals surface area contributed by atoms with Crippen molar-refractivity contribution in [3.05, 3.63) is 5.21 Å². The van der Waals surface area contributed by atoms with Crippen molar-refractivity contribution in [3.8, 4) is 6.07 Å². The molecule has 2 N–H and O–H groups in total. The van der Waals surface area contributed by atoms with Crippen molar-refractivity contribution < 1.29 is 27.9 Å². The smallest absolute Gasteiger partial charge is 0.491 e. The molecule has 4 atom stereocenters. The van der Waals surface area contributed by atoms with Crippen LogP contribution < -0.4 is 10.6 Å². The highest BCUT2D eigenvalue weighted by molar-refractivity contribution is 8.00. The maximum Gasteiger partial charge on any atom is 0.491 e. The van der Waals surface area contributed by atoms with Gasteiger partial charge in [0.25, 0.3) is 0 Å². The molecule has 0 aromatic carbocycles. The Morgan fingerprint density at radius 1 is 1.54 bits per heavy atom. The van der Waals surface area contributed by atoms with E-state index in [1.165, 1.54) is 4.90 Å². The predicted molar refractivity (Wildman–Crippen MR) is 81.1 cm³/mol. The average molecular weight is 370 g/mol. The molecule has 0 radical (unpaired) electrons. The van der Waals surface area contributed by atoms with Crippen molar-refractivity contribution >= 4 is 17.7 Å². The molecule has 1 heterocycles. The Labute approximate surface area is 142 Å². The van der Waals surface area contributed by atoms with Crippen molar-refractivity contribution in [2.75, 3.05) is 18.8 Å². The van der Waals surface area contributed by atoms with Gasteiger partial charge >= 0.3 is 12.1 Å². The third-order valence-electron chi connectivity index (χ3n) is 3.74. The molecular formula is C13H21F3N4O3S. The zero-order chi connectivity index (χ0) is 18.5. The fourth-order valence-electron chi connectivity index (χ4n) is 1.92. The van der Waals surface area contributed by atoms with Crippen LogP contribution in [0.2, 0.25) is 0 Å². The molecule has 4 unspecified atom stereocenters. The van der Waals surface area contributed by atoms with Gasteiger partial charge in [0, 0.05) is 18.2 Å². The van der Waals surface area contributed by atoms with Gasteiger partial charge in [0.05, 0.1) is 12.6 Å². The lowest BCUT2D eigenvalue weighted by Gasteiger charge is -2.32. The number of thioether (sulfide) groups is 1. The second-order valence-corrected chi connectivity index (χ2v) is 6.82. The number of hydroxylamine groups is 1. The Morgan fingerprint density at radius 2 is 2.17 bits per heavy atom. The van der Waals surface area contributed by atoms with Gasteiger partial charge in [0.1, 0.15) is 12.1 Å². The van der Waals surface area contributed by atoms with Crippen molar-refractivity contribution in [2.45, 2.75) is 44.6 Å². The molecule has 7 nitrogen and oxygen atoms in total. The van der Waals surface area contributed by atoms with Crippen LogP contribution in [0.5, 0.6) is 0 Å². The number of hydrogen-bond acceptors (Lipinski definition) is 7. The van der Waals surface area contributed by atoms with E-state index in [0.717, 1.165) is 11.8 Å². The molecule has 0 saturated carbocycles. The van der Waals surface area contributed by atoms with Crippen molar-refractivity contribution in [1.29, 1.82) is 5.26 Å². The Hall–Kier alpha value is -1.06. The standard InChI is InChI=1S/C13H21F3N4O3S/c1-8(2)9(3)20(22)18-4-5-19-10(6-17)7-24-12(19)23-11(21)13(14,15)16/h8-10,12,18,20H,4-5,7H2,1-3H3. The molecule has 0 amide bonds. The number of rotatable bonds is 7. The molecule has 11 heteroatoms. The van der Waals surface area contributed by atoms with Crippen LogP contribution in [0.15, 0.2) is 0 Å². The molecule has 0 bridgehead atoms. The van der Waals surface area contributed by atoms with Crippen LogP contribution in [0.3, 0.4) is 0 Å². The average Bonchev–Trinajstić information content (AvgIpc) is 2.87. The normalized spacial score (nSPS) is 24.6. The van der Waals surface area contributed by atoms with Gasteiger partial charge in [-0.3, -0.25) is 5.17 Å². The van der Waals surface area contributed by atoms with Gasteiger partial charge in [-0.15, -0.1) is 0 Å². The van der Waals surface area contributed by atoms with Gasteiger partial charge in [-0.1, -0.05) is 25.6 Å². The second kappa shape index (κ2) is 8.87. The van der Waals surface area contributed by atoms with Crippen LogP contribution in [0.25, 0.3) is 0 Å². The quantitative estimate of drug-likeness (QED) is 0.490. The molecule has 0 aromatic rings. The van der Waals surface area contributed by atoms with Crippen LogP contribution in [0, 0.1) is 22.5 Å². The monoisotopic (exact) mass is 370 g/mol. The van der Waals surface area contributed by atoms with Crippen LogP contribution >= 0.6 is 11.8 Å². The van der Waals surface area contributed by atoms with Gasteiger partial charge in [-0.05, 0) is 6.92 Å². The summed E-state index contributed by atoms with van der Waals surface area (Å²) in [6, 6.07) is 1.07. The van der Waals surface area contributed by atoms with Gasteiger partial charge in [0.15, 0.2) is 0 Å². The van der Waals surface area contributed by atoms with Crippen LogP contribution in [0.4, 0.5) is 13.2 Å². The number of ether oxygens (including phenoxy) is 1. The summed E-state index contributed by atoms with van der Waals surface area (Å²) in [6.45, 7) is 5.84. The maximum absolute atomic E-state index is 12.3. The molecular weight excluding hydrogens is 349 g/mol. The van der Waals surface area contributed by atoms with E-state index < -0.39 is 23.7 Å². The minimum Gasteiger partial charge on any atom is -0.613 e. The summed E-state index contributed by atoms with van der Waals surface area (Å²) in [6.07, 6.45) is -5.09. The van der Waals surface area contributed by atoms with Gasteiger partial charge in [-0.2, -0.15) is 23.9 Å². The molecule has 1 rings (SSSR count). The summed E-state index contributed by atoms with van der Waals surface area (Å²) in [5.41, 5.74) is 1.49. The molecule has 1 saturated heterocycles. The number of carbonyl (C=O) groups excluding carboxylic acids is 1. The molecule has 1 aliphatic rings. The van der Waals surface area contributed by atoms with E-state index in [2.05, 4.69) is 10.2 Å². The number of nitrogens with one attached hydrogen (secondary N) is 2. The first-order chi connectivity index (χ1) is 11.1. The summed E-state index contributed by atoms with van der Waals surface area (Å²) < 4.78 is 41.3. The fraction of sp³-hybridized carbons (Fsp3) is 0.846. The van der Waals surface area contributed by atoms with Crippen molar-refractivity contribution in [2.24, 2.45) is 5.92 Å². The lowest BCUT2D eigenvalue weighted by atomic mass is 10.1. The van der Waals surface area contributed by atoms with E-state index >= 15 is 0 Å². The van der Waals surface area contributed by atoms with Gasteiger partial charge in [0.2, 0.25) is 5.56 Å². The lowest BCUT2D eigenvalue weighted by Crippen LogP contribution is -3.18. The largest absolute Gasteiger partial charge is 0.613 e. The zero-order valence-electron chi connectivity index (χ0n) is 13.6. The molecule has 0 aromatic heterocycles. The van der Waals surface area contributed by atoms with Gasteiger partial charge < -0.3 is 9.94 Å². The summed E-state index contributed by atoms with van der Waals surface area (Å²) in [5, 5.41) is 20.8. The number of carbonyl (C=O) groups is 1. The molecule has 0 spiro atoms. The third-order valence-corrected chi connectivity index (χ3v) is 4.90. The highest BCUT2D eigenvalue weighted by Gasteiger charge is 2.45. The van der Waals surface area contributed by atoms with Crippen LogP contribution in [0.1, 0.15) is 20.8 Å². The summed E-state index contributed by atoms with van der Waals surface area (Å²) in [5.74, 6) is -1.91. The van der Waals surface area contributed by atoms with E-state index in [-0.39, 0.29) is 36.0 Å². The van der Waals surface area contributed by atoms with Crippen molar-refractivity contribution in [3.63, 3.8) is 0 Å². The number of halogens is 3. The Kier molecular flexibility index (Phi) is 7.75. The summed E-state index contributed by atoms with van der Waals surface area (Å²) in [4.78, 5) is 12.3. The Balaban J connectivity index is 2.58. The Morgan fingerprint density at radius 3 is 2.67 bits per heavy atom. The molecule has 138 valence electrons. The highest BCUT2D eigenvalue weighted by atomic mass is 32.2. The topological polar surface area (TPSA) is 92.9 Å². The number of nitrogens with zero attached hydrogens (tertiary/aromatic N) is 2. The first-order valence-corrected chi connectivity index (χ1v) is 8.45. The third kappa shape index (κ3) is 5.78. The number of hydrogen-bond donors (Lipinski definition) is 2. The van der Waals surface area contributed by atoms with E-state index in [4.69, 9.17) is 5.26 Å². The fourth-order valence-corrected chi connectivity index (χ4v) is 3.13. The van der Waals surface area contributed by atoms with Gasteiger partial charge in [-0.25, -0.2) is 9.69 Å². The molecule has 1 aliphatic heterocycles. The molecule has 0 aliphatic carbocycles. The molecule has 24 heavy (non-hydrogen) atoms. The number of alkyl halides is 3. The van der Waals surface area contributed by atoms with Crippen molar-refractivity contribution in [1.82, 2.24) is 10.3 Å².